The van der Waals surface area contributed by atoms with Crippen molar-refractivity contribution in [2.24, 2.45) is 10.7 Å². The average Bonchev–Trinajstić information content (AvgIpc) is 2.74. The van der Waals surface area contributed by atoms with Gasteiger partial charge in [0.2, 0.25) is 0 Å². The number of alkyl halides is 3. The van der Waals surface area contributed by atoms with Crippen LogP contribution in [0.2, 0.25) is 0 Å². The Balaban J connectivity index is 5.89. The molecule has 0 aromatic carbocycles. The number of hydrogen-bond acceptors (Lipinski definition) is 4. The molecule has 2 unspecified atom stereocenters. The smallest absolute Gasteiger partial charge is 0.269 e. The Bertz CT molecular complexity index is 946. The van der Waals surface area contributed by atoms with E-state index >= 15 is 0 Å². The first-order valence-electron chi connectivity index (χ1n) is 11.2. The third-order valence-corrected chi connectivity index (χ3v) is 6.56. The van der Waals surface area contributed by atoms with Crippen LogP contribution in [0.3, 0.4) is 0 Å². The minimum absolute atomic E-state index is 0.0127. The van der Waals surface area contributed by atoms with E-state index in [9.17, 15) is 18.0 Å². The molecule has 0 spiro atoms. The Morgan fingerprint density at radius 3 is 2.23 bits per heavy atom. The van der Waals surface area contributed by atoms with E-state index in [1.54, 1.807) is 12.2 Å². The highest BCUT2D eigenvalue weighted by molar-refractivity contribution is 8.07. The second kappa shape index (κ2) is 15.1. The largest absolute Gasteiger partial charge is 0.399 e. The first-order chi connectivity index (χ1) is 16.1. The molecule has 0 aliphatic heterocycles. The molecule has 35 heavy (non-hydrogen) atoms. The fourth-order valence-electron chi connectivity index (χ4n) is 2.75. The van der Waals surface area contributed by atoms with E-state index in [4.69, 9.17) is 5.73 Å². The van der Waals surface area contributed by atoms with Crippen molar-refractivity contribution in [2.45, 2.75) is 65.7 Å². The van der Waals surface area contributed by atoms with Crippen molar-refractivity contribution < 1.29 is 18.0 Å². The fraction of sp³-hybridized carbons (Fsp3) is 0.462. The van der Waals surface area contributed by atoms with Crippen molar-refractivity contribution >= 4 is 32.6 Å². The van der Waals surface area contributed by atoms with E-state index < -0.39 is 17.2 Å². The number of thioether (sulfide) groups is 1. The van der Waals surface area contributed by atoms with Gasteiger partial charge in [-0.25, -0.2) is 13.2 Å². The number of rotatable bonds is 13. The molecule has 2 atom stereocenters. The highest BCUT2D eigenvalue weighted by Gasteiger charge is 2.27. The molecular weight excluding hydrogens is 490 g/mol. The number of hydrogen-bond donors (Lipinski definition) is 2. The number of aliphatic imine (C=N–C) groups is 1. The predicted octanol–water partition coefficient (Wildman–Crippen LogP) is 7.00. The third kappa shape index (κ3) is 12.0. The molecule has 0 saturated heterocycles. The number of amides is 1. The van der Waals surface area contributed by atoms with Gasteiger partial charge in [0.05, 0.1) is 5.70 Å². The SMILES string of the molecule is C=C/C=C(\C=C(/CCC)C(C)(F)F)C(S/C(=C\C)CNC(=O)C(/C=C(\N)C(C)(F)P)=NC)=C(C)C. The molecule has 0 aromatic heterocycles. The molecule has 0 rings (SSSR count). The van der Waals surface area contributed by atoms with Gasteiger partial charge in [-0.1, -0.05) is 64.7 Å². The first kappa shape index (κ1) is 33.0. The molecule has 0 radical (unpaired) electrons. The summed E-state index contributed by atoms with van der Waals surface area (Å²) in [5.41, 5.74) is 7.14. The fourth-order valence-corrected chi connectivity index (χ4v) is 3.80. The number of nitrogens with zero attached hydrogens (tertiary/aromatic N) is 1. The van der Waals surface area contributed by atoms with Gasteiger partial charge >= 0.3 is 0 Å². The Kier molecular flexibility index (Phi) is 14.3. The van der Waals surface area contributed by atoms with E-state index in [0.29, 0.717) is 12.0 Å². The van der Waals surface area contributed by atoms with Gasteiger partial charge in [-0.15, -0.1) is 0 Å². The lowest BCUT2D eigenvalue weighted by Gasteiger charge is -2.19. The lowest BCUT2D eigenvalue weighted by Crippen LogP contribution is -2.33. The van der Waals surface area contributed by atoms with Gasteiger partial charge < -0.3 is 11.1 Å². The molecule has 0 aromatic rings. The lowest BCUT2D eigenvalue weighted by atomic mass is 10.00. The maximum atomic E-state index is 14.2. The van der Waals surface area contributed by atoms with Crippen molar-refractivity contribution in [3.63, 3.8) is 0 Å². The van der Waals surface area contributed by atoms with Crippen LogP contribution in [0.15, 0.2) is 74.2 Å². The summed E-state index contributed by atoms with van der Waals surface area (Å²) in [4.78, 5) is 18.1. The average molecular weight is 530 g/mol. The molecule has 0 fully saturated rings. The lowest BCUT2D eigenvalue weighted by molar-refractivity contribution is -0.114. The molecule has 0 bridgehead atoms. The van der Waals surface area contributed by atoms with E-state index in [1.165, 1.54) is 37.9 Å². The zero-order valence-corrected chi connectivity index (χ0v) is 23.7. The number of halogens is 3. The van der Waals surface area contributed by atoms with Crippen LogP contribution >= 0.6 is 21.0 Å². The van der Waals surface area contributed by atoms with E-state index in [0.717, 1.165) is 22.3 Å². The summed E-state index contributed by atoms with van der Waals surface area (Å²) in [5, 5.41) is 0.887. The molecule has 9 heteroatoms. The monoisotopic (exact) mass is 529 g/mol. The zero-order valence-electron chi connectivity index (χ0n) is 21.8. The molecule has 1 amide bonds. The Morgan fingerprint density at radius 2 is 1.83 bits per heavy atom. The van der Waals surface area contributed by atoms with Gasteiger partial charge in [0.15, 0.2) is 5.41 Å². The molecule has 3 N–H and O–H groups in total. The van der Waals surface area contributed by atoms with Crippen molar-refractivity contribution in [2.75, 3.05) is 13.6 Å². The predicted molar refractivity (Wildman–Crippen MR) is 149 cm³/mol. The van der Waals surface area contributed by atoms with Crippen LogP contribution < -0.4 is 11.1 Å². The zero-order chi connectivity index (χ0) is 27.4. The summed E-state index contributed by atoms with van der Waals surface area (Å²) in [6.07, 6.45) is 8.69. The van der Waals surface area contributed by atoms with Crippen molar-refractivity contribution in [3.8, 4) is 0 Å². The van der Waals surface area contributed by atoms with E-state index in [2.05, 4.69) is 16.9 Å². The van der Waals surface area contributed by atoms with Crippen LogP contribution in [0.25, 0.3) is 0 Å². The van der Waals surface area contributed by atoms with E-state index in [1.807, 2.05) is 43.0 Å². The molecule has 196 valence electrons. The molecule has 0 heterocycles. The Labute approximate surface area is 215 Å². The van der Waals surface area contributed by atoms with Crippen LogP contribution in [-0.2, 0) is 4.79 Å². The second-order valence-electron chi connectivity index (χ2n) is 8.32. The second-order valence-corrected chi connectivity index (χ2v) is 10.5. The molecule has 0 aliphatic carbocycles. The highest BCUT2D eigenvalue weighted by Crippen LogP contribution is 2.37. The van der Waals surface area contributed by atoms with Gasteiger partial charge in [-0.2, -0.15) is 0 Å². The normalized spacial score (nSPS) is 16.0. The molecule has 0 saturated carbocycles. The summed E-state index contributed by atoms with van der Waals surface area (Å²) in [7, 11) is 3.38. The van der Waals surface area contributed by atoms with Crippen LogP contribution in [0.1, 0.15) is 54.4 Å². The van der Waals surface area contributed by atoms with E-state index in [-0.39, 0.29) is 29.9 Å². The van der Waals surface area contributed by atoms with Crippen LogP contribution in [0, 0.1) is 0 Å². The van der Waals surface area contributed by atoms with Gasteiger partial charge in [0.25, 0.3) is 11.8 Å². The topological polar surface area (TPSA) is 67.5 Å². The van der Waals surface area contributed by atoms with Crippen molar-refractivity contribution in [3.05, 3.63) is 69.2 Å². The van der Waals surface area contributed by atoms with Crippen LogP contribution in [0.4, 0.5) is 13.2 Å². The summed E-state index contributed by atoms with van der Waals surface area (Å²) in [5.74, 6) is -3.45. The number of nitrogens with two attached hydrogens (primary N) is 1. The quantitative estimate of drug-likeness (QED) is 0.153. The maximum Gasteiger partial charge on any atom is 0.269 e. The molecule has 0 aliphatic rings. The molecule has 4 nitrogen and oxygen atoms in total. The minimum atomic E-state index is -2.94. The van der Waals surface area contributed by atoms with Crippen LogP contribution in [0.5, 0.6) is 0 Å². The summed E-state index contributed by atoms with van der Waals surface area (Å²) in [6.45, 7) is 13.5. The van der Waals surface area contributed by atoms with Crippen molar-refractivity contribution in [1.82, 2.24) is 5.32 Å². The Morgan fingerprint density at radius 1 is 1.23 bits per heavy atom. The number of allylic oxidation sites excluding steroid dienone is 8. The first-order valence-corrected chi connectivity index (χ1v) is 12.6. The summed E-state index contributed by atoms with van der Waals surface area (Å²) < 4.78 is 42.4. The highest BCUT2D eigenvalue weighted by atomic mass is 32.2. The minimum Gasteiger partial charge on any atom is -0.399 e. The molecular formula is C26H39F3N3OPS. The van der Waals surface area contributed by atoms with Gasteiger partial charge in [-0.3, -0.25) is 9.79 Å². The van der Waals surface area contributed by atoms with Gasteiger partial charge in [0, 0.05) is 30.3 Å². The van der Waals surface area contributed by atoms with Crippen molar-refractivity contribution in [1.29, 1.82) is 0 Å². The summed E-state index contributed by atoms with van der Waals surface area (Å²) >= 11 is 1.37. The number of carbonyl (C=O) groups excluding carboxylic acids is 1. The maximum absolute atomic E-state index is 14.2. The summed E-state index contributed by atoms with van der Waals surface area (Å²) in [6, 6.07) is 0. The Hall–Kier alpha value is -2.05. The third-order valence-electron chi connectivity index (χ3n) is 4.74. The number of carbonyl (C=O) groups is 1. The van der Waals surface area contributed by atoms with Gasteiger partial charge in [-0.05, 0) is 57.4 Å². The van der Waals surface area contributed by atoms with Gasteiger partial charge in [0.1, 0.15) is 5.71 Å². The van der Waals surface area contributed by atoms with Crippen LogP contribution in [-0.4, -0.2) is 36.5 Å². The standard InChI is InChI=1S/C26H39F3N3OPS/c1-9-12-18(14-19(13-10-2)25(6,27)28)23(17(4)5)35-20(11-3)16-32-24(33)21(31-8)15-22(30)26(7,29)34/h9,11-12,14-15H,1,10,13,16,30,34H2,2-8H3,(H,32,33)/b18-12+,19-14+,20-11-,22-15-,31-21?. The number of nitrogens with one attached hydrogen (secondary N) is 1.